The van der Waals surface area contributed by atoms with E-state index in [9.17, 15) is 39.3 Å². The van der Waals surface area contributed by atoms with Gasteiger partial charge in [0.2, 0.25) is 25.4 Å². The quantitative estimate of drug-likeness (QED) is 0.0533. The van der Waals surface area contributed by atoms with E-state index in [2.05, 4.69) is 47.2 Å². The van der Waals surface area contributed by atoms with Crippen molar-refractivity contribution >= 4 is 85.6 Å². The van der Waals surface area contributed by atoms with Crippen molar-refractivity contribution in [1.82, 2.24) is 19.8 Å². The fourth-order valence-electron chi connectivity index (χ4n) is 12.2. The molecule has 19 heteroatoms. The van der Waals surface area contributed by atoms with Crippen molar-refractivity contribution in [3.8, 4) is 23.0 Å². The molecule has 19 nitrogen and oxygen atoms in total. The summed E-state index contributed by atoms with van der Waals surface area (Å²) in [4.78, 5) is 76.1. The molecule has 0 aliphatic carbocycles. The van der Waals surface area contributed by atoms with E-state index in [-0.39, 0.29) is 50.4 Å². The zero-order valence-corrected chi connectivity index (χ0v) is 50.4. The number of carbonyl (C=O) groups excluding carboxylic acids is 3. The molecule has 7 unspecified atom stereocenters. The number of aromatic nitrogens is 2. The highest BCUT2D eigenvalue weighted by Crippen LogP contribution is 2.41. The lowest BCUT2D eigenvalue weighted by Crippen LogP contribution is -2.50. The Hall–Kier alpha value is -10.8. The van der Waals surface area contributed by atoms with Crippen LogP contribution in [-0.2, 0) is 41.8 Å². The van der Waals surface area contributed by atoms with Crippen LogP contribution in [0.3, 0.4) is 0 Å². The van der Waals surface area contributed by atoms with Crippen LogP contribution in [0.4, 0.5) is 0 Å². The number of benzene rings is 8. The van der Waals surface area contributed by atoms with Crippen LogP contribution in [0.1, 0.15) is 91.8 Å². The van der Waals surface area contributed by atoms with Crippen molar-refractivity contribution in [2.45, 2.75) is 95.2 Å². The first-order valence-corrected chi connectivity index (χ1v) is 30.4. The maximum atomic E-state index is 14.1. The van der Waals surface area contributed by atoms with E-state index in [0.29, 0.717) is 71.7 Å². The van der Waals surface area contributed by atoms with Gasteiger partial charge in [-0.05, 0) is 143 Å². The number of carboxylic acids is 2. The predicted molar refractivity (Wildman–Crippen MR) is 342 cm³/mol. The largest absolute Gasteiger partial charge is 0.481 e. The van der Waals surface area contributed by atoms with Gasteiger partial charge in [-0.1, -0.05) is 121 Å². The maximum absolute atomic E-state index is 14.1. The summed E-state index contributed by atoms with van der Waals surface area (Å²) >= 11 is 0. The molecule has 1 fully saturated rings. The first-order valence-electron chi connectivity index (χ1n) is 30.4. The van der Waals surface area contributed by atoms with Gasteiger partial charge in [0.15, 0.2) is 40.3 Å². The SMILES string of the molecule is CC(C(CC=Cc1nc2ccccc2o1)c1ccc2c(c1)OCO2)N(Cc1ccc2ccccc2c1)C(=O)C(O)C(CC(=O)O)C(=O)O.CC(C(CC=Cc1nc2ccccc2o1)c1ccc2c(c1)OCO2)N(Cc1ccc2ccccc2c1)C(=O)C1CCC(=O)O1. The molecule has 3 aliphatic heterocycles. The average molecular weight is 1240 g/mol. The summed E-state index contributed by atoms with van der Waals surface area (Å²) in [7, 11) is 0. The van der Waals surface area contributed by atoms with Crippen molar-refractivity contribution < 1.29 is 71.8 Å². The molecule has 3 N–H and O–H groups in total. The highest BCUT2D eigenvalue weighted by atomic mass is 16.7. The fraction of sp³-hybridized carbons (Fsp3) is 0.247. The normalized spacial score (nSPS) is 16.1. The Labute approximate surface area is 528 Å². The monoisotopic (exact) mass is 1240 g/mol. The second-order valence-electron chi connectivity index (χ2n) is 23.0. The van der Waals surface area contributed by atoms with Crippen LogP contribution in [0.2, 0.25) is 0 Å². The van der Waals surface area contributed by atoms with Gasteiger partial charge < -0.3 is 57.6 Å². The van der Waals surface area contributed by atoms with E-state index in [1.807, 2.05) is 164 Å². The van der Waals surface area contributed by atoms with E-state index in [1.165, 1.54) is 4.90 Å². The molecule has 2 aromatic heterocycles. The molecule has 92 heavy (non-hydrogen) atoms. The molecule has 13 rings (SSSR count). The van der Waals surface area contributed by atoms with Gasteiger partial charge in [-0.3, -0.25) is 24.0 Å². The first-order chi connectivity index (χ1) is 44.7. The van der Waals surface area contributed by atoms with Crippen LogP contribution in [0, 0.1) is 5.92 Å². The summed E-state index contributed by atoms with van der Waals surface area (Å²) in [6.45, 7) is 4.52. The van der Waals surface area contributed by atoms with Gasteiger partial charge in [-0.25, -0.2) is 9.97 Å². The van der Waals surface area contributed by atoms with E-state index in [1.54, 1.807) is 12.1 Å². The molecular formula is C73H66N4O15. The zero-order valence-electron chi connectivity index (χ0n) is 50.4. The van der Waals surface area contributed by atoms with Crippen LogP contribution in [-0.4, -0.2) is 103 Å². The van der Waals surface area contributed by atoms with Crippen molar-refractivity contribution in [2.75, 3.05) is 13.6 Å². The van der Waals surface area contributed by atoms with Crippen LogP contribution in [0.15, 0.2) is 191 Å². The number of carbonyl (C=O) groups is 5. The van der Waals surface area contributed by atoms with Gasteiger partial charge in [-0.15, -0.1) is 0 Å². The molecule has 0 bridgehead atoms. The number of rotatable bonds is 22. The Balaban J connectivity index is 0.000000178. The molecule has 2 amide bonds. The standard InChI is InChI=1S/C37H34N2O9.C36H32N2O6/c1-22(27(26-15-16-31-32(18-26)47-21-46-31)9-6-12-33-38-29-10-4-5-11-30(29)48-33)39(36(43)35(42)28(37(44)45)19-34(40)41)20-23-13-14-24-7-2-3-8-25(24)17-23;1-23(38(36(40)32-17-18-35(39)44-32)21-24-13-14-25-7-2-3-8-26(25)19-24)28(27-15-16-31-33(20-27)42-22-41-31)9-6-12-34-37-29-10-4-5-11-30(29)43-34/h2-8,10-18,22,27-28,35,42H,9,19-21H2,1H3,(H,40,41)(H,44,45);2-8,10-16,19-20,23,28,32H,9,17-18,21-22H2,1H3. The molecule has 0 radical (unpaired) electrons. The van der Waals surface area contributed by atoms with Crippen molar-refractivity contribution in [3.05, 3.63) is 216 Å². The number of hydrogen-bond donors (Lipinski definition) is 3. The summed E-state index contributed by atoms with van der Waals surface area (Å²) in [6, 6.07) is 53.5. The lowest BCUT2D eigenvalue weighted by atomic mass is 9.86. The van der Waals surface area contributed by atoms with Gasteiger partial charge >= 0.3 is 17.9 Å². The van der Waals surface area contributed by atoms with Gasteiger partial charge in [-0.2, -0.15) is 0 Å². The number of allylic oxidation sites excluding steroid dienone is 2. The summed E-state index contributed by atoms with van der Waals surface area (Å²) in [5.41, 5.74) is 6.44. The summed E-state index contributed by atoms with van der Waals surface area (Å²) in [5, 5.41) is 34.5. The molecular weight excluding hydrogens is 1170 g/mol. The van der Waals surface area contributed by atoms with Crippen LogP contribution < -0.4 is 18.9 Å². The maximum Gasteiger partial charge on any atom is 0.310 e. The average Bonchev–Trinajstić information content (AvgIpc) is 1.07. The number of oxazole rings is 2. The zero-order chi connectivity index (χ0) is 63.8. The number of nitrogens with zero attached hydrogens (tertiary/aromatic N) is 4. The van der Waals surface area contributed by atoms with Crippen LogP contribution in [0.25, 0.3) is 55.9 Å². The molecule has 468 valence electrons. The lowest BCUT2D eigenvalue weighted by Gasteiger charge is -2.37. The first kappa shape index (κ1) is 61.4. The Bertz CT molecular complexity index is 4370. The van der Waals surface area contributed by atoms with E-state index in [4.69, 9.17) is 32.5 Å². The lowest BCUT2D eigenvalue weighted by molar-refractivity contribution is -0.160. The molecule has 0 spiro atoms. The smallest absolute Gasteiger partial charge is 0.310 e. The minimum absolute atomic E-state index is 0.0250. The second kappa shape index (κ2) is 27.5. The van der Waals surface area contributed by atoms with Crippen molar-refractivity contribution in [2.24, 2.45) is 5.92 Å². The topological polar surface area (TPSA) is 251 Å². The number of ether oxygens (including phenoxy) is 5. The minimum Gasteiger partial charge on any atom is -0.481 e. The molecule has 10 aromatic rings. The fourth-order valence-corrected chi connectivity index (χ4v) is 12.2. The Morgan fingerprint density at radius 3 is 1.51 bits per heavy atom. The van der Waals surface area contributed by atoms with E-state index in [0.717, 1.165) is 54.9 Å². The third kappa shape index (κ3) is 14.0. The number of fused-ring (bicyclic) bond motifs is 6. The molecule has 7 atom stereocenters. The Kier molecular flexibility index (Phi) is 18.4. The third-order valence-electron chi connectivity index (χ3n) is 17.1. The molecule has 3 aliphatic rings. The Morgan fingerprint density at radius 2 is 1.03 bits per heavy atom. The van der Waals surface area contributed by atoms with Crippen molar-refractivity contribution in [1.29, 1.82) is 0 Å². The highest BCUT2D eigenvalue weighted by molar-refractivity contribution is 5.90. The molecule has 5 heterocycles. The van der Waals surface area contributed by atoms with Crippen molar-refractivity contribution in [3.63, 3.8) is 0 Å². The van der Waals surface area contributed by atoms with Crippen LogP contribution >= 0.6 is 0 Å². The number of esters is 1. The second-order valence-corrected chi connectivity index (χ2v) is 23.0. The minimum atomic E-state index is -2.10. The summed E-state index contributed by atoms with van der Waals surface area (Å²) in [6.07, 6.45) is 5.33. The summed E-state index contributed by atoms with van der Waals surface area (Å²) in [5.74, 6) is -3.37. The van der Waals surface area contributed by atoms with Gasteiger partial charge in [0.05, 0.1) is 6.42 Å². The number of aliphatic hydroxyl groups excluding tert-OH is 1. The summed E-state index contributed by atoms with van der Waals surface area (Å²) < 4.78 is 39.7. The Morgan fingerprint density at radius 1 is 0.565 bits per heavy atom. The number of carboxylic acid groups (broad SMARTS) is 2. The van der Waals surface area contributed by atoms with E-state index >= 15 is 0 Å². The van der Waals surface area contributed by atoms with Gasteiger partial charge in [0.25, 0.3) is 11.8 Å². The van der Waals surface area contributed by atoms with Gasteiger partial charge in [0, 0.05) is 49.9 Å². The highest BCUT2D eigenvalue weighted by Gasteiger charge is 2.41. The molecule has 1 saturated heterocycles. The van der Waals surface area contributed by atoms with E-state index < -0.39 is 54.4 Å². The number of para-hydroxylation sites is 4. The molecule has 0 saturated carbocycles. The number of cyclic esters (lactones) is 1. The predicted octanol–water partition coefficient (Wildman–Crippen LogP) is 12.9. The van der Waals surface area contributed by atoms with Gasteiger partial charge in [0.1, 0.15) is 23.1 Å². The van der Waals surface area contributed by atoms with Crippen LogP contribution in [0.5, 0.6) is 23.0 Å². The number of aliphatic carboxylic acids is 2. The third-order valence-corrected chi connectivity index (χ3v) is 17.1. The molecule has 8 aromatic carbocycles. The number of amides is 2. The number of hydrogen-bond acceptors (Lipinski definition) is 15. The number of aliphatic hydroxyl groups is 1.